The van der Waals surface area contributed by atoms with Crippen molar-refractivity contribution in [2.75, 3.05) is 26.8 Å². The number of hydrogen-bond donors (Lipinski definition) is 3. The molecule has 66 valence electrons. The van der Waals surface area contributed by atoms with Gasteiger partial charge in [0.2, 0.25) is 5.91 Å². The van der Waals surface area contributed by atoms with Crippen LogP contribution in [0.1, 0.15) is 0 Å². The molecule has 1 amide bonds. The van der Waals surface area contributed by atoms with E-state index in [1.165, 1.54) is 7.11 Å². The van der Waals surface area contributed by atoms with Gasteiger partial charge in [-0.05, 0) is 0 Å². The van der Waals surface area contributed by atoms with Crippen LogP contribution < -0.4 is 11.1 Å². The van der Waals surface area contributed by atoms with Gasteiger partial charge in [-0.15, -0.1) is 0 Å². The van der Waals surface area contributed by atoms with Gasteiger partial charge in [0, 0.05) is 20.2 Å². The van der Waals surface area contributed by atoms with Crippen LogP contribution in [0.25, 0.3) is 0 Å². The number of aliphatic hydroxyl groups is 1. The Balaban J connectivity index is 3.30. The molecule has 0 saturated heterocycles. The van der Waals surface area contributed by atoms with Crippen LogP contribution >= 0.6 is 0 Å². The normalized spacial score (nSPS) is 12.6. The van der Waals surface area contributed by atoms with Gasteiger partial charge in [0.15, 0.2) is 0 Å². The third-order valence-corrected chi connectivity index (χ3v) is 1.08. The fourth-order valence-corrected chi connectivity index (χ4v) is 0.497. The maximum atomic E-state index is 10.7. The highest BCUT2D eigenvalue weighted by molar-refractivity contribution is 5.77. The van der Waals surface area contributed by atoms with Crippen molar-refractivity contribution in [1.82, 2.24) is 5.32 Å². The summed E-state index contributed by atoms with van der Waals surface area (Å²) in [6, 6.07) is 0. The predicted octanol–water partition coefficient (Wildman–Crippen LogP) is -1.93. The number of hydrogen-bond acceptors (Lipinski definition) is 4. The molecule has 11 heavy (non-hydrogen) atoms. The lowest BCUT2D eigenvalue weighted by molar-refractivity contribution is -0.125. The summed E-state index contributed by atoms with van der Waals surface area (Å²) in [5.74, 6) is -0.250. The third-order valence-electron chi connectivity index (χ3n) is 1.08. The largest absolute Gasteiger partial charge is 0.390 e. The maximum Gasteiger partial charge on any atom is 0.246 e. The number of nitrogens with two attached hydrogens (primary N) is 1. The Kier molecular flexibility index (Phi) is 5.73. The SMILES string of the molecule is COCC(=O)NCC(O)CN. The number of aliphatic hydroxyl groups excluding tert-OH is 1. The van der Waals surface area contributed by atoms with Gasteiger partial charge in [-0.3, -0.25) is 4.79 Å². The predicted molar refractivity (Wildman–Crippen MR) is 39.9 cm³/mol. The average Bonchev–Trinajstić information content (AvgIpc) is 2.01. The molecule has 4 N–H and O–H groups in total. The molecule has 0 rings (SSSR count). The Morgan fingerprint density at radius 2 is 2.45 bits per heavy atom. The Labute approximate surface area is 65.5 Å². The summed E-state index contributed by atoms with van der Waals surface area (Å²) in [4.78, 5) is 10.7. The summed E-state index contributed by atoms with van der Waals surface area (Å²) in [5.41, 5.74) is 5.10. The van der Waals surface area contributed by atoms with Crippen molar-refractivity contribution in [3.05, 3.63) is 0 Å². The zero-order valence-electron chi connectivity index (χ0n) is 6.54. The molecule has 5 nitrogen and oxygen atoms in total. The molecular weight excluding hydrogens is 148 g/mol. The molecule has 0 radical (unpaired) electrons. The molecule has 0 aliphatic carbocycles. The van der Waals surface area contributed by atoms with Gasteiger partial charge in [0.1, 0.15) is 6.61 Å². The molecule has 0 spiro atoms. The number of methoxy groups -OCH3 is 1. The second kappa shape index (κ2) is 6.09. The molecule has 0 heterocycles. The second-order valence-corrected chi connectivity index (χ2v) is 2.13. The van der Waals surface area contributed by atoms with Gasteiger partial charge in [0.05, 0.1) is 6.10 Å². The van der Waals surface area contributed by atoms with Crippen molar-refractivity contribution in [3.63, 3.8) is 0 Å². The summed E-state index contributed by atoms with van der Waals surface area (Å²) in [7, 11) is 1.43. The first-order valence-electron chi connectivity index (χ1n) is 3.34. The van der Waals surface area contributed by atoms with Gasteiger partial charge in [0.25, 0.3) is 0 Å². The van der Waals surface area contributed by atoms with E-state index >= 15 is 0 Å². The van der Waals surface area contributed by atoms with Crippen molar-refractivity contribution in [1.29, 1.82) is 0 Å². The van der Waals surface area contributed by atoms with Crippen LogP contribution in [0, 0.1) is 0 Å². The van der Waals surface area contributed by atoms with Gasteiger partial charge in [-0.1, -0.05) is 0 Å². The molecule has 5 heteroatoms. The number of nitrogens with one attached hydrogen (secondary N) is 1. The summed E-state index contributed by atoms with van der Waals surface area (Å²) in [6.07, 6.45) is -0.671. The van der Waals surface area contributed by atoms with E-state index in [1.54, 1.807) is 0 Å². The van der Waals surface area contributed by atoms with Crippen molar-refractivity contribution >= 4 is 5.91 Å². The Morgan fingerprint density at radius 3 is 2.91 bits per heavy atom. The Morgan fingerprint density at radius 1 is 1.82 bits per heavy atom. The lowest BCUT2D eigenvalue weighted by Crippen LogP contribution is -2.37. The van der Waals surface area contributed by atoms with Crippen LogP contribution in [0.3, 0.4) is 0 Å². The number of rotatable bonds is 5. The molecular formula is C6H14N2O3. The number of carbonyl (C=O) groups excluding carboxylic acids is 1. The van der Waals surface area contributed by atoms with Crippen LogP contribution in [0.2, 0.25) is 0 Å². The molecule has 0 aromatic carbocycles. The fraction of sp³-hybridized carbons (Fsp3) is 0.833. The van der Waals surface area contributed by atoms with Crippen molar-refractivity contribution in [2.45, 2.75) is 6.10 Å². The van der Waals surface area contributed by atoms with E-state index in [9.17, 15) is 4.79 Å². The topological polar surface area (TPSA) is 84.6 Å². The molecule has 0 saturated carbocycles. The second-order valence-electron chi connectivity index (χ2n) is 2.13. The lowest BCUT2D eigenvalue weighted by atomic mass is 10.3. The lowest BCUT2D eigenvalue weighted by Gasteiger charge is -2.08. The third kappa shape index (κ3) is 5.78. The van der Waals surface area contributed by atoms with Gasteiger partial charge < -0.3 is 20.9 Å². The summed E-state index contributed by atoms with van der Waals surface area (Å²) in [6.45, 7) is 0.337. The first kappa shape index (κ1) is 10.3. The van der Waals surface area contributed by atoms with Crippen LogP contribution in [0.15, 0.2) is 0 Å². The number of carbonyl (C=O) groups is 1. The Hall–Kier alpha value is -0.650. The van der Waals surface area contributed by atoms with Crippen LogP contribution in [0.5, 0.6) is 0 Å². The Bertz CT molecular complexity index is 118. The average molecular weight is 162 g/mol. The zero-order chi connectivity index (χ0) is 8.69. The van der Waals surface area contributed by atoms with E-state index in [-0.39, 0.29) is 25.6 Å². The minimum Gasteiger partial charge on any atom is -0.390 e. The fourth-order valence-electron chi connectivity index (χ4n) is 0.497. The van der Waals surface area contributed by atoms with E-state index in [2.05, 4.69) is 10.1 Å². The monoisotopic (exact) mass is 162 g/mol. The van der Waals surface area contributed by atoms with E-state index in [0.717, 1.165) is 0 Å². The van der Waals surface area contributed by atoms with Crippen molar-refractivity contribution < 1.29 is 14.6 Å². The molecule has 0 aliphatic rings. The zero-order valence-corrected chi connectivity index (χ0v) is 6.54. The first-order chi connectivity index (χ1) is 5.20. The van der Waals surface area contributed by atoms with E-state index < -0.39 is 6.10 Å². The van der Waals surface area contributed by atoms with Crippen LogP contribution in [-0.2, 0) is 9.53 Å². The van der Waals surface area contributed by atoms with Crippen LogP contribution in [-0.4, -0.2) is 43.9 Å². The smallest absolute Gasteiger partial charge is 0.246 e. The molecule has 1 atom stereocenters. The molecule has 0 aromatic rings. The highest BCUT2D eigenvalue weighted by Crippen LogP contribution is 1.75. The molecule has 0 aliphatic heterocycles. The highest BCUT2D eigenvalue weighted by atomic mass is 16.5. The quantitative estimate of drug-likeness (QED) is 0.439. The number of ether oxygens (including phenoxy) is 1. The molecule has 0 bridgehead atoms. The van der Waals surface area contributed by atoms with E-state index in [0.29, 0.717) is 0 Å². The standard InChI is InChI=1S/C6H14N2O3/c1-11-4-6(10)8-3-5(9)2-7/h5,9H,2-4,7H2,1H3,(H,8,10). The van der Waals surface area contributed by atoms with Gasteiger partial charge in [-0.25, -0.2) is 0 Å². The summed E-state index contributed by atoms with van der Waals surface area (Å²) >= 11 is 0. The highest BCUT2D eigenvalue weighted by Gasteiger charge is 2.03. The molecule has 0 aromatic heterocycles. The minimum atomic E-state index is -0.671. The minimum absolute atomic E-state index is 0.0112. The van der Waals surface area contributed by atoms with E-state index in [4.69, 9.17) is 10.8 Å². The van der Waals surface area contributed by atoms with Gasteiger partial charge in [-0.2, -0.15) is 0 Å². The van der Waals surface area contributed by atoms with Crippen LogP contribution in [0.4, 0.5) is 0 Å². The molecule has 1 unspecified atom stereocenters. The summed E-state index contributed by atoms with van der Waals surface area (Å²) < 4.78 is 4.54. The summed E-state index contributed by atoms with van der Waals surface area (Å²) in [5, 5.41) is 11.3. The van der Waals surface area contributed by atoms with Crippen molar-refractivity contribution in [3.8, 4) is 0 Å². The van der Waals surface area contributed by atoms with Crippen molar-refractivity contribution in [2.24, 2.45) is 5.73 Å². The van der Waals surface area contributed by atoms with Gasteiger partial charge >= 0.3 is 0 Å². The maximum absolute atomic E-state index is 10.7. The number of amides is 1. The first-order valence-corrected chi connectivity index (χ1v) is 3.34. The van der Waals surface area contributed by atoms with E-state index in [1.807, 2.05) is 0 Å². The molecule has 0 fully saturated rings.